The van der Waals surface area contributed by atoms with Gasteiger partial charge in [0, 0.05) is 27.7 Å². The van der Waals surface area contributed by atoms with E-state index in [1.54, 1.807) is 0 Å². The lowest BCUT2D eigenvalue weighted by atomic mass is 10.1. The number of ether oxygens (including phenoxy) is 5. The SMILES string of the molecule is CC(=O)OCC(OC(C)=O)[C@H]1OC[C@@H](OC(C)=O)[C@@H]1OC(C)=O. The lowest BCUT2D eigenvalue weighted by Crippen LogP contribution is -2.46. The zero-order valence-electron chi connectivity index (χ0n) is 13.4. The monoisotopic (exact) mass is 332 g/mol. The summed E-state index contributed by atoms with van der Waals surface area (Å²) in [6.45, 7) is 4.46. The number of rotatable bonds is 6. The van der Waals surface area contributed by atoms with Crippen LogP contribution in [0.1, 0.15) is 27.7 Å². The van der Waals surface area contributed by atoms with Crippen LogP contribution < -0.4 is 0 Å². The summed E-state index contributed by atoms with van der Waals surface area (Å²) >= 11 is 0. The quantitative estimate of drug-likeness (QED) is 0.479. The first-order chi connectivity index (χ1) is 10.7. The van der Waals surface area contributed by atoms with E-state index in [1.165, 1.54) is 27.7 Å². The Kier molecular flexibility index (Phi) is 6.95. The summed E-state index contributed by atoms with van der Waals surface area (Å²) in [7, 11) is 0. The maximum atomic E-state index is 11.3. The van der Waals surface area contributed by atoms with Crippen molar-refractivity contribution in [2.24, 2.45) is 0 Å². The van der Waals surface area contributed by atoms with E-state index in [9.17, 15) is 19.2 Å². The Morgan fingerprint density at radius 2 is 1.57 bits per heavy atom. The van der Waals surface area contributed by atoms with E-state index >= 15 is 0 Å². The fraction of sp³-hybridized carbons (Fsp3) is 0.714. The average molecular weight is 332 g/mol. The minimum absolute atomic E-state index is 0.0416. The molecule has 0 aliphatic carbocycles. The Morgan fingerprint density at radius 3 is 2.04 bits per heavy atom. The highest BCUT2D eigenvalue weighted by Gasteiger charge is 2.47. The molecule has 0 aromatic heterocycles. The fourth-order valence-corrected chi connectivity index (χ4v) is 2.18. The van der Waals surface area contributed by atoms with E-state index < -0.39 is 48.3 Å². The van der Waals surface area contributed by atoms with E-state index in [-0.39, 0.29) is 13.2 Å². The second-order valence-corrected chi connectivity index (χ2v) is 4.97. The van der Waals surface area contributed by atoms with E-state index in [1.807, 2.05) is 0 Å². The van der Waals surface area contributed by atoms with Crippen molar-refractivity contribution in [3.8, 4) is 0 Å². The van der Waals surface area contributed by atoms with Crippen LogP contribution in [0.5, 0.6) is 0 Å². The topological polar surface area (TPSA) is 114 Å². The van der Waals surface area contributed by atoms with E-state index in [4.69, 9.17) is 23.7 Å². The number of hydrogen-bond acceptors (Lipinski definition) is 9. The third-order valence-corrected chi connectivity index (χ3v) is 2.90. The van der Waals surface area contributed by atoms with Crippen LogP contribution in [-0.4, -0.2) is 61.5 Å². The third-order valence-electron chi connectivity index (χ3n) is 2.90. The molecular formula is C14H20O9. The van der Waals surface area contributed by atoms with Crippen molar-refractivity contribution >= 4 is 23.9 Å². The lowest BCUT2D eigenvalue weighted by Gasteiger charge is -2.27. The molecule has 0 bridgehead atoms. The van der Waals surface area contributed by atoms with Crippen molar-refractivity contribution in [2.45, 2.75) is 52.1 Å². The molecule has 1 saturated heterocycles. The molecule has 0 saturated carbocycles. The Morgan fingerprint density at radius 1 is 0.957 bits per heavy atom. The van der Waals surface area contributed by atoms with Crippen molar-refractivity contribution < 1.29 is 42.9 Å². The van der Waals surface area contributed by atoms with Crippen molar-refractivity contribution in [2.75, 3.05) is 13.2 Å². The van der Waals surface area contributed by atoms with Gasteiger partial charge in [-0.15, -0.1) is 0 Å². The van der Waals surface area contributed by atoms with Gasteiger partial charge in [-0.25, -0.2) is 0 Å². The average Bonchev–Trinajstić information content (AvgIpc) is 2.75. The summed E-state index contributed by atoms with van der Waals surface area (Å²) in [5.41, 5.74) is 0. The van der Waals surface area contributed by atoms with Gasteiger partial charge < -0.3 is 23.7 Å². The largest absolute Gasteiger partial charge is 0.462 e. The number of hydrogen-bond donors (Lipinski definition) is 0. The molecule has 0 aromatic carbocycles. The predicted octanol–water partition coefficient (Wildman–Crippen LogP) is -0.257. The Labute approximate surface area is 133 Å². The van der Waals surface area contributed by atoms with Crippen LogP contribution in [0.4, 0.5) is 0 Å². The zero-order chi connectivity index (χ0) is 17.6. The maximum Gasteiger partial charge on any atom is 0.303 e. The molecule has 4 atom stereocenters. The second-order valence-electron chi connectivity index (χ2n) is 4.97. The Hall–Kier alpha value is -2.16. The molecule has 9 heteroatoms. The van der Waals surface area contributed by atoms with Gasteiger partial charge in [0.2, 0.25) is 0 Å². The normalized spacial score (nSPS) is 24.4. The molecule has 1 aliphatic rings. The molecule has 130 valence electrons. The molecule has 0 aromatic rings. The van der Waals surface area contributed by atoms with Crippen LogP contribution >= 0.6 is 0 Å². The highest BCUT2D eigenvalue weighted by atomic mass is 16.7. The predicted molar refractivity (Wildman–Crippen MR) is 73.0 cm³/mol. The van der Waals surface area contributed by atoms with Gasteiger partial charge in [-0.2, -0.15) is 0 Å². The highest BCUT2D eigenvalue weighted by Crippen LogP contribution is 2.25. The standard InChI is InChI=1S/C14H20O9/c1-7(15)19-5-11(21-8(2)16)13-14(23-10(4)18)12(6-20-13)22-9(3)17/h11-14H,5-6H2,1-4H3/t11?,12-,13-,14+/m1/s1. The molecule has 0 spiro atoms. The first kappa shape index (κ1) is 18.9. The van der Waals surface area contributed by atoms with Gasteiger partial charge in [0.1, 0.15) is 12.7 Å². The Balaban J connectivity index is 2.91. The van der Waals surface area contributed by atoms with E-state index in [2.05, 4.69) is 0 Å². The molecular weight excluding hydrogens is 312 g/mol. The van der Waals surface area contributed by atoms with Crippen LogP contribution in [0.25, 0.3) is 0 Å². The third kappa shape index (κ3) is 6.23. The molecule has 1 aliphatic heterocycles. The first-order valence-corrected chi connectivity index (χ1v) is 6.97. The summed E-state index contributed by atoms with van der Waals surface area (Å²) in [6, 6.07) is 0. The van der Waals surface area contributed by atoms with Crippen molar-refractivity contribution in [1.82, 2.24) is 0 Å². The van der Waals surface area contributed by atoms with E-state index in [0.717, 1.165) is 0 Å². The molecule has 0 radical (unpaired) electrons. The summed E-state index contributed by atoms with van der Waals surface area (Å²) in [4.78, 5) is 44.6. The second kappa shape index (κ2) is 8.47. The van der Waals surface area contributed by atoms with Crippen molar-refractivity contribution in [3.63, 3.8) is 0 Å². The smallest absolute Gasteiger partial charge is 0.303 e. The van der Waals surface area contributed by atoms with Gasteiger partial charge in [-0.05, 0) is 0 Å². The highest BCUT2D eigenvalue weighted by molar-refractivity contribution is 5.68. The first-order valence-electron chi connectivity index (χ1n) is 6.97. The number of carbonyl (C=O) groups is 4. The molecule has 1 fully saturated rings. The molecule has 1 unspecified atom stereocenters. The van der Waals surface area contributed by atoms with Crippen molar-refractivity contribution in [3.05, 3.63) is 0 Å². The summed E-state index contributed by atoms with van der Waals surface area (Å²) in [5.74, 6) is -2.37. The van der Waals surface area contributed by atoms with Crippen LogP contribution in [-0.2, 0) is 42.9 Å². The molecule has 9 nitrogen and oxygen atoms in total. The zero-order valence-corrected chi connectivity index (χ0v) is 13.4. The lowest BCUT2D eigenvalue weighted by molar-refractivity contribution is -0.176. The summed E-state index contributed by atoms with van der Waals surface area (Å²) < 4.78 is 25.6. The van der Waals surface area contributed by atoms with Crippen molar-refractivity contribution in [1.29, 1.82) is 0 Å². The molecule has 23 heavy (non-hydrogen) atoms. The van der Waals surface area contributed by atoms with Gasteiger partial charge in [0.15, 0.2) is 18.3 Å². The molecule has 0 amide bonds. The van der Waals surface area contributed by atoms with Crippen LogP contribution in [0.15, 0.2) is 0 Å². The Bertz CT molecular complexity index is 473. The summed E-state index contributed by atoms with van der Waals surface area (Å²) in [6.07, 6.45) is -3.74. The van der Waals surface area contributed by atoms with Gasteiger partial charge in [0.25, 0.3) is 0 Å². The molecule has 1 heterocycles. The number of carbonyl (C=O) groups excluding carboxylic acids is 4. The summed E-state index contributed by atoms with van der Waals surface area (Å²) in [5, 5.41) is 0. The number of esters is 4. The fourth-order valence-electron chi connectivity index (χ4n) is 2.18. The van der Waals surface area contributed by atoms with Gasteiger partial charge in [-0.3, -0.25) is 19.2 Å². The van der Waals surface area contributed by atoms with Crippen LogP contribution in [0, 0.1) is 0 Å². The molecule has 1 rings (SSSR count). The van der Waals surface area contributed by atoms with Gasteiger partial charge in [-0.1, -0.05) is 0 Å². The van der Waals surface area contributed by atoms with Crippen LogP contribution in [0.2, 0.25) is 0 Å². The van der Waals surface area contributed by atoms with Crippen LogP contribution in [0.3, 0.4) is 0 Å². The minimum atomic E-state index is -0.999. The van der Waals surface area contributed by atoms with Gasteiger partial charge in [0.05, 0.1) is 6.61 Å². The van der Waals surface area contributed by atoms with E-state index in [0.29, 0.717) is 0 Å². The minimum Gasteiger partial charge on any atom is -0.462 e. The maximum absolute atomic E-state index is 11.3. The van der Waals surface area contributed by atoms with Gasteiger partial charge >= 0.3 is 23.9 Å². The molecule has 0 N–H and O–H groups in total.